The van der Waals surface area contributed by atoms with Crippen LogP contribution < -0.4 is 15.0 Å². The number of anilines is 2. The van der Waals surface area contributed by atoms with Gasteiger partial charge in [-0.3, -0.25) is 0 Å². The van der Waals surface area contributed by atoms with Crippen molar-refractivity contribution in [1.29, 1.82) is 0 Å². The molecule has 0 unspecified atom stereocenters. The Morgan fingerprint density at radius 2 is 1.70 bits per heavy atom. The quantitative estimate of drug-likeness (QED) is 0.715. The van der Waals surface area contributed by atoms with Crippen LogP contribution in [0.25, 0.3) is 11.3 Å². The lowest BCUT2D eigenvalue weighted by Gasteiger charge is -2.35. The number of nitrogens with zero attached hydrogens (tertiary/aromatic N) is 4. The molecule has 4 rings (SSSR count). The zero-order chi connectivity index (χ0) is 20.9. The third-order valence-electron chi connectivity index (χ3n) is 5.02. The van der Waals surface area contributed by atoms with Gasteiger partial charge in [0, 0.05) is 37.4 Å². The molecule has 0 aliphatic carbocycles. The summed E-state index contributed by atoms with van der Waals surface area (Å²) in [7, 11) is 1.63. The number of piperazine rings is 1. The van der Waals surface area contributed by atoms with Crippen LogP contribution in [0.2, 0.25) is 0 Å². The summed E-state index contributed by atoms with van der Waals surface area (Å²) in [6.45, 7) is 2.42. The highest BCUT2D eigenvalue weighted by Crippen LogP contribution is 2.28. The van der Waals surface area contributed by atoms with Gasteiger partial charge < -0.3 is 19.9 Å². The maximum Gasteiger partial charge on any atom is 0.321 e. The Kier molecular flexibility index (Phi) is 5.74. The van der Waals surface area contributed by atoms with E-state index in [1.165, 1.54) is 12.1 Å². The van der Waals surface area contributed by atoms with Gasteiger partial charge in [-0.05, 0) is 48.5 Å². The molecule has 2 aromatic carbocycles. The monoisotopic (exact) mass is 407 g/mol. The molecule has 0 saturated carbocycles. The molecular formula is C22H22FN5O2. The molecule has 1 aromatic heterocycles. The Labute approximate surface area is 174 Å². The molecule has 8 heteroatoms. The van der Waals surface area contributed by atoms with Gasteiger partial charge in [-0.25, -0.2) is 9.18 Å². The van der Waals surface area contributed by atoms with Crippen LogP contribution >= 0.6 is 0 Å². The van der Waals surface area contributed by atoms with Crippen molar-refractivity contribution in [2.24, 2.45) is 0 Å². The summed E-state index contributed by atoms with van der Waals surface area (Å²) in [4.78, 5) is 16.3. The third-order valence-corrected chi connectivity index (χ3v) is 5.02. The first-order chi connectivity index (χ1) is 14.6. The van der Waals surface area contributed by atoms with Gasteiger partial charge in [-0.1, -0.05) is 12.1 Å². The molecule has 1 aliphatic rings. The predicted octanol–water partition coefficient (Wildman–Crippen LogP) is 3.65. The lowest BCUT2D eigenvalue weighted by atomic mass is 10.1. The summed E-state index contributed by atoms with van der Waals surface area (Å²) in [6.07, 6.45) is 0. The first-order valence-corrected chi connectivity index (χ1v) is 9.67. The highest BCUT2D eigenvalue weighted by Gasteiger charge is 2.22. The number of nitrogens with one attached hydrogen (secondary N) is 1. The van der Waals surface area contributed by atoms with Crippen LogP contribution in [-0.2, 0) is 0 Å². The van der Waals surface area contributed by atoms with Crippen LogP contribution in [0, 0.1) is 5.82 Å². The van der Waals surface area contributed by atoms with E-state index in [-0.39, 0.29) is 11.8 Å². The molecular weight excluding hydrogens is 385 g/mol. The number of carbonyl (C=O) groups excluding carboxylic acids is 1. The number of hydrogen-bond acceptors (Lipinski definition) is 5. The van der Waals surface area contributed by atoms with E-state index in [2.05, 4.69) is 20.4 Å². The van der Waals surface area contributed by atoms with Crippen LogP contribution in [0.5, 0.6) is 5.75 Å². The zero-order valence-electron chi connectivity index (χ0n) is 16.6. The van der Waals surface area contributed by atoms with Crippen LogP contribution in [0.4, 0.5) is 20.7 Å². The number of methoxy groups -OCH3 is 1. The van der Waals surface area contributed by atoms with Crippen molar-refractivity contribution in [1.82, 2.24) is 15.1 Å². The molecule has 0 radical (unpaired) electrons. The molecule has 30 heavy (non-hydrogen) atoms. The summed E-state index contributed by atoms with van der Waals surface area (Å²) < 4.78 is 18.4. The van der Waals surface area contributed by atoms with Crippen molar-refractivity contribution in [2.45, 2.75) is 0 Å². The highest BCUT2D eigenvalue weighted by atomic mass is 19.1. The van der Waals surface area contributed by atoms with Gasteiger partial charge >= 0.3 is 6.03 Å². The van der Waals surface area contributed by atoms with Crippen LogP contribution in [0.15, 0.2) is 60.7 Å². The number of aromatic nitrogens is 2. The molecule has 1 aliphatic heterocycles. The molecule has 0 spiro atoms. The molecule has 0 atom stereocenters. The summed E-state index contributed by atoms with van der Waals surface area (Å²) in [6, 6.07) is 17.1. The Balaban J connectivity index is 1.36. The second-order valence-corrected chi connectivity index (χ2v) is 6.89. The van der Waals surface area contributed by atoms with Gasteiger partial charge in [-0.2, -0.15) is 0 Å². The van der Waals surface area contributed by atoms with Crippen molar-refractivity contribution < 1.29 is 13.9 Å². The SMILES string of the molecule is COc1ccccc1-c1ccc(N2CCN(C(=O)Nc3ccc(F)cc3)CC2)nn1. The van der Waals surface area contributed by atoms with Crippen molar-refractivity contribution in [3.8, 4) is 17.0 Å². The number of benzene rings is 2. The van der Waals surface area contributed by atoms with E-state index in [0.717, 1.165) is 22.8 Å². The standard InChI is InChI=1S/C22H22FN5O2/c1-30-20-5-3-2-4-18(20)19-10-11-21(26-25-19)27-12-14-28(15-13-27)22(29)24-17-8-6-16(23)7-9-17/h2-11H,12-15H2,1H3,(H,24,29). The van der Waals surface area contributed by atoms with Gasteiger partial charge in [0.2, 0.25) is 0 Å². The fourth-order valence-corrected chi connectivity index (χ4v) is 3.37. The maximum atomic E-state index is 13.0. The number of amides is 2. The summed E-state index contributed by atoms with van der Waals surface area (Å²) in [5, 5.41) is 11.5. The minimum atomic E-state index is -0.334. The Hall–Kier alpha value is -3.68. The molecule has 1 N–H and O–H groups in total. The van der Waals surface area contributed by atoms with Crippen LogP contribution in [0.3, 0.4) is 0 Å². The first kappa shape index (κ1) is 19.6. The van der Waals surface area contributed by atoms with E-state index < -0.39 is 0 Å². The van der Waals surface area contributed by atoms with Gasteiger partial charge in [0.1, 0.15) is 11.6 Å². The minimum absolute atomic E-state index is 0.195. The van der Waals surface area contributed by atoms with Crippen molar-refractivity contribution in [2.75, 3.05) is 43.5 Å². The maximum absolute atomic E-state index is 13.0. The number of para-hydroxylation sites is 1. The van der Waals surface area contributed by atoms with E-state index in [1.54, 1.807) is 24.1 Å². The highest BCUT2D eigenvalue weighted by molar-refractivity contribution is 5.89. The third kappa shape index (κ3) is 4.32. The average Bonchev–Trinajstić information content (AvgIpc) is 2.81. The minimum Gasteiger partial charge on any atom is -0.496 e. The second kappa shape index (κ2) is 8.77. The normalized spacial score (nSPS) is 13.8. The molecule has 1 fully saturated rings. The van der Waals surface area contributed by atoms with E-state index in [1.807, 2.05) is 36.4 Å². The lowest BCUT2D eigenvalue weighted by molar-refractivity contribution is 0.208. The number of carbonyl (C=O) groups is 1. The Bertz CT molecular complexity index is 1000. The van der Waals surface area contributed by atoms with E-state index in [4.69, 9.17) is 4.74 Å². The predicted molar refractivity (Wildman–Crippen MR) is 113 cm³/mol. The molecule has 1 saturated heterocycles. The molecule has 0 bridgehead atoms. The Morgan fingerprint density at radius 3 is 2.37 bits per heavy atom. The van der Waals surface area contributed by atoms with Crippen molar-refractivity contribution in [3.63, 3.8) is 0 Å². The van der Waals surface area contributed by atoms with Crippen molar-refractivity contribution >= 4 is 17.5 Å². The summed E-state index contributed by atoms with van der Waals surface area (Å²) in [5.74, 6) is 1.19. The zero-order valence-corrected chi connectivity index (χ0v) is 16.6. The summed E-state index contributed by atoms with van der Waals surface area (Å²) in [5.41, 5.74) is 2.21. The smallest absolute Gasteiger partial charge is 0.321 e. The molecule has 2 amide bonds. The first-order valence-electron chi connectivity index (χ1n) is 9.67. The summed E-state index contributed by atoms with van der Waals surface area (Å²) >= 11 is 0. The fraction of sp³-hybridized carbons (Fsp3) is 0.227. The lowest BCUT2D eigenvalue weighted by Crippen LogP contribution is -2.50. The number of urea groups is 1. The van der Waals surface area contributed by atoms with Crippen LogP contribution in [0.1, 0.15) is 0 Å². The van der Waals surface area contributed by atoms with Crippen LogP contribution in [-0.4, -0.2) is 54.4 Å². The van der Waals surface area contributed by atoms with Gasteiger partial charge in [-0.15, -0.1) is 10.2 Å². The fourth-order valence-electron chi connectivity index (χ4n) is 3.37. The molecule has 7 nitrogen and oxygen atoms in total. The number of hydrogen-bond donors (Lipinski definition) is 1. The second-order valence-electron chi connectivity index (χ2n) is 6.89. The van der Waals surface area contributed by atoms with Crippen molar-refractivity contribution in [3.05, 3.63) is 66.5 Å². The molecule has 154 valence electrons. The topological polar surface area (TPSA) is 70.6 Å². The molecule has 3 aromatic rings. The van der Waals surface area contributed by atoms with Gasteiger partial charge in [0.25, 0.3) is 0 Å². The number of halogens is 1. The van der Waals surface area contributed by atoms with E-state index in [0.29, 0.717) is 31.9 Å². The van der Waals surface area contributed by atoms with E-state index in [9.17, 15) is 9.18 Å². The van der Waals surface area contributed by atoms with Gasteiger partial charge in [0.15, 0.2) is 5.82 Å². The molecule has 2 heterocycles. The van der Waals surface area contributed by atoms with Gasteiger partial charge in [0.05, 0.1) is 12.8 Å². The Morgan fingerprint density at radius 1 is 0.967 bits per heavy atom. The average molecular weight is 407 g/mol. The van der Waals surface area contributed by atoms with E-state index >= 15 is 0 Å². The largest absolute Gasteiger partial charge is 0.496 e. The number of ether oxygens (including phenoxy) is 1. The number of rotatable bonds is 4.